The van der Waals surface area contributed by atoms with Gasteiger partial charge < -0.3 is 9.84 Å². The van der Waals surface area contributed by atoms with E-state index in [9.17, 15) is 0 Å². The Morgan fingerprint density at radius 3 is 2.81 bits per heavy atom. The highest BCUT2D eigenvalue weighted by molar-refractivity contribution is 7.16. The number of likely N-dealkylation sites (N-methyl/N-ethyl adjacent to an activating group) is 1. The summed E-state index contributed by atoms with van der Waals surface area (Å²) in [6.07, 6.45) is 0. The minimum Gasteiger partial charge on any atom is -0.394 e. The van der Waals surface area contributed by atoms with Gasteiger partial charge in [-0.25, -0.2) is 0 Å². The zero-order valence-electron chi connectivity index (χ0n) is 9.49. The van der Waals surface area contributed by atoms with Gasteiger partial charge in [-0.1, -0.05) is 18.5 Å². The van der Waals surface area contributed by atoms with Crippen LogP contribution in [0.15, 0.2) is 12.1 Å². The third-order valence-corrected chi connectivity index (χ3v) is 3.46. The lowest BCUT2D eigenvalue weighted by Gasteiger charge is -2.19. The summed E-state index contributed by atoms with van der Waals surface area (Å²) in [5, 5.41) is 8.58. The van der Waals surface area contributed by atoms with Crippen LogP contribution >= 0.6 is 22.9 Å². The Morgan fingerprint density at radius 2 is 2.25 bits per heavy atom. The van der Waals surface area contributed by atoms with Crippen molar-refractivity contribution in [1.29, 1.82) is 0 Å². The summed E-state index contributed by atoms with van der Waals surface area (Å²) in [4.78, 5) is 3.56. The summed E-state index contributed by atoms with van der Waals surface area (Å²) >= 11 is 7.50. The molecule has 0 aliphatic heterocycles. The van der Waals surface area contributed by atoms with E-state index in [0.717, 1.165) is 24.0 Å². The third-order valence-electron chi connectivity index (χ3n) is 2.24. The summed E-state index contributed by atoms with van der Waals surface area (Å²) in [6.45, 7) is 6.07. The zero-order valence-corrected chi connectivity index (χ0v) is 11.1. The van der Waals surface area contributed by atoms with E-state index in [4.69, 9.17) is 21.4 Å². The van der Waals surface area contributed by atoms with Gasteiger partial charge in [0, 0.05) is 18.0 Å². The molecule has 0 spiro atoms. The van der Waals surface area contributed by atoms with Crippen LogP contribution in [0.5, 0.6) is 0 Å². The fourth-order valence-corrected chi connectivity index (χ4v) is 2.50. The number of thiophene rings is 1. The second-order valence-electron chi connectivity index (χ2n) is 3.41. The van der Waals surface area contributed by atoms with E-state index in [2.05, 4.69) is 17.9 Å². The number of halogens is 1. The second-order valence-corrected chi connectivity index (χ2v) is 5.21. The molecule has 0 aliphatic carbocycles. The molecule has 0 saturated heterocycles. The smallest absolute Gasteiger partial charge is 0.0931 e. The molecule has 0 aromatic carbocycles. The van der Waals surface area contributed by atoms with Crippen LogP contribution in [-0.2, 0) is 11.3 Å². The van der Waals surface area contributed by atoms with Gasteiger partial charge in [0.15, 0.2) is 0 Å². The molecule has 1 aromatic rings. The van der Waals surface area contributed by atoms with Crippen LogP contribution in [0.3, 0.4) is 0 Å². The highest BCUT2D eigenvalue weighted by atomic mass is 35.5. The lowest BCUT2D eigenvalue weighted by Crippen LogP contribution is -2.27. The molecule has 0 amide bonds. The molecule has 16 heavy (non-hydrogen) atoms. The van der Waals surface area contributed by atoms with Gasteiger partial charge in [-0.2, -0.15) is 0 Å². The van der Waals surface area contributed by atoms with Gasteiger partial charge in [0.05, 0.1) is 24.2 Å². The van der Waals surface area contributed by atoms with Crippen molar-refractivity contribution >= 4 is 22.9 Å². The largest absolute Gasteiger partial charge is 0.394 e. The molecular weight excluding hydrogens is 246 g/mol. The first kappa shape index (κ1) is 13.9. The fourth-order valence-electron chi connectivity index (χ4n) is 1.37. The van der Waals surface area contributed by atoms with Crippen molar-refractivity contribution in [3.8, 4) is 0 Å². The highest BCUT2D eigenvalue weighted by Crippen LogP contribution is 2.22. The van der Waals surface area contributed by atoms with Gasteiger partial charge >= 0.3 is 0 Å². The van der Waals surface area contributed by atoms with E-state index >= 15 is 0 Å². The van der Waals surface area contributed by atoms with E-state index < -0.39 is 0 Å². The van der Waals surface area contributed by atoms with Crippen LogP contribution in [0.1, 0.15) is 11.8 Å². The Labute approximate surface area is 106 Å². The maximum atomic E-state index is 8.58. The van der Waals surface area contributed by atoms with E-state index in [1.807, 2.05) is 6.07 Å². The molecule has 1 rings (SSSR count). The molecule has 92 valence electrons. The third kappa shape index (κ3) is 5.27. The number of rotatable bonds is 8. The number of aliphatic hydroxyl groups is 1. The number of aliphatic hydroxyl groups excluding tert-OH is 1. The molecule has 1 heterocycles. The molecule has 0 saturated carbocycles. The second kappa shape index (κ2) is 8.03. The van der Waals surface area contributed by atoms with Crippen LogP contribution in [0.25, 0.3) is 0 Å². The Morgan fingerprint density at radius 1 is 1.44 bits per heavy atom. The molecule has 0 radical (unpaired) electrons. The lowest BCUT2D eigenvalue weighted by atomic mass is 10.4. The molecule has 0 bridgehead atoms. The van der Waals surface area contributed by atoms with E-state index in [-0.39, 0.29) is 6.61 Å². The molecule has 1 aromatic heterocycles. The van der Waals surface area contributed by atoms with Gasteiger partial charge in [-0.05, 0) is 18.7 Å². The van der Waals surface area contributed by atoms with E-state index in [1.54, 1.807) is 11.3 Å². The number of ether oxygens (including phenoxy) is 1. The summed E-state index contributed by atoms with van der Waals surface area (Å²) in [6, 6.07) is 3.99. The van der Waals surface area contributed by atoms with Crippen LogP contribution < -0.4 is 0 Å². The molecule has 0 aliphatic rings. The summed E-state index contributed by atoms with van der Waals surface area (Å²) in [7, 11) is 0. The number of hydrogen-bond donors (Lipinski definition) is 1. The van der Waals surface area contributed by atoms with Crippen LogP contribution in [0.2, 0.25) is 4.34 Å². The Kier molecular flexibility index (Phi) is 7.00. The molecule has 0 unspecified atom stereocenters. The predicted octanol–water partition coefficient (Wildman–Crippen LogP) is 2.23. The van der Waals surface area contributed by atoms with Gasteiger partial charge in [-0.3, -0.25) is 4.90 Å². The van der Waals surface area contributed by atoms with Crippen molar-refractivity contribution in [1.82, 2.24) is 4.90 Å². The van der Waals surface area contributed by atoms with Crippen molar-refractivity contribution in [2.45, 2.75) is 13.5 Å². The van der Waals surface area contributed by atoms with Gasteiger partial charge in [0.1, 0.15) is 0 Å². The van der Waals surface area contributed by atoms with Crippen molar-refractivity contribution < 1.29 is 9.84 Å². The SMILES string of the molecule is CCN(CCOCCO)Cc1ccc(Cl)s1. The average molecular weight is 264 g/mol. The minimum absolute atomic E-state index is 0.0899. The first-order valence-corrected chi connectivity index (χ1v) is 6.61. The molecule has 3 nitrogen and oxygen atoms in total. The Hall–Kier alpha value is -0.130. The van der Waals surface area contributed by atoms with Crippen LogP contribution in [-0.4, -0.2) is 42.9 Å². The fraction of sp³-hybridized carbons (Fsp3) is 0.636. The van der Waals surface area contributed by atoms with Crippen LogP contribution in [0, 0.1) is 0 Å². The molecule has 0 fully saturated rings. The zero-order chi connectivity index (χ0) is 11.8. The van der Waals surface area contributed by atoms with Crippen molar-refractivity contribution in [2.75, 3.05) is 32.9 Å². The summed E-state index contributed by atoms with van der Waals surface area (Å²) < 4.78 is 6.08. The van der Waals surface area contributed by atoms with Crippen molar-refractivity contribution in [2.24, 2.45) is 0 Å². The molecule has 1 N–H and O–H groups in total. The first-order chi connectivity index (χ1) is 7.76. The molecular formula is C11H18ClNO2S. The first-order valence-electron chi connectivity index (χ1n) is 5.41. The van der Waals surface area contributed by atoms with Crippen molar-refractivity contribution in [3.63, 3.8) is 0 Å². The standard InChI is InChI=1S/C11H18ClNO2S/c1-2-13(5-7-15-8-6-14)9-10-3-4-11(12)16-10/h3-4,14H,2,5-9H2,1H3. The average Bonchev–Trinajstić information content (AvgIpc) is 2.68. The molecule has 5 heteroatoms. The van der Waals surface area contributed by atoms with E-state index in [0.29, 0.717) is 13.2 Å². The number of hydrogen-bond acceptors (Lipinski definition) is 4. The monoisotopic (exact) mass is 263 g/mol. The van der Waals surface area contributed by atoms with Crippen molar-refractivity contribution in [3.05, 3.63) is 21.3 Å². The summed E-state index contributed by atoms with van der Waals surface area (Å²) in [5.74, 6) is 0. The maximum Gasteiger partial charge on any atom is 0.0931 e. The highest BCUT2D eigenvalue weighted by Gasteiger charge is 2.05. The normalized spacial score (nSPS) is 11.2. The maximum absolute atomic E-state index is 8.58. The minimum atomic E-state index is 0.0899. The Balaban J connectivity index is 2.26. The predicted molar refractivity (Wildman–Crippen MR) is 68.2 cm³/mol. The quantitative estimate of drug-likeness (QED) is 0.730. The molecule has 0 atom stereocenters. The number of nitrogens with zero attached hydrogens (tertiary/aromatic N) is 1. The Bertz CT molecular complexity index is 293. The summed E-state index contributed by atoms with van der Waals surface area (Å²) in [5.41, 5.74) is 0. The van der Waals surface area contributed by atoms with E-state index in [1.165, 1.54) is 4.88 Å². The van der Waals surface area contributed by atoms with Gasteiger partial charge in [-0.15, -0.1) is 11.3 Å². The topological polar surface area (TPSA) is 32.7 Å². The van der Waals surface area contributed by atoms with Gasteiger partial charge in [0.2, 0.25) is 0 Å². The van der Waals surface area contributed by atoms with Gasteiger partial charge in [0.25, 0.3) is 0 Å². The lowest BCUT2D eigenvalue weighted by molar-refractivity contribution is 0.0734. The van der Waals surface area contributed by atoms with Crippen LogP contribution in [0.4, 0.5) is 0 Å².